The highest BCUT2D eigenvalue weighted by molar-refractivity contribution is 6.35. The number of hydrogen-bond donors (Lipinski definition) is 0. The molecule has 0 saturated heterocycles. The summed E-state index contributed by atoms with van der Waals surface area (Å²) in [5.41, 5.74) is 2.73. The quantitative estimate of drug-likeness (QED) is 0.276. The van der Waals surface area contributed by atoms with Crippen molar-refractivity contribution in [1.82, 2.24) is 19.8 Å². The number of pyridine rings is 2. The normalized spacial score (nSPS) is 13.5. The van der Waals surface area contributed by atoms with E-state index in [4.69, 9.17) is 0 Å². The minimum absolute atomic E-state index is 0.0834. The van der Waals surface area contributed by atoms with E-state index in [-0.39, 0.29) is 17.8 Å². The van der Waals surface area contributed by atoms with Crippen molar-refractivity contribution in [2.75, 3.05) is 13.1 Å². The average molecular weight is 457 g/mol. The highest BCUT2D eigenvalue weighted by Gasteiger charge is 2.41. The van der Waals surface area contributed by atoms with E-state index in [1.165, 1.54) is 29.2 Å². The van der Waals surface area contributed by atoms with Crippen LogP contribution >= 0.6 is 0 Å². The molecule has 0 atom stereocenters. The Hall–Kier alpha value is -4.40. The molecule has 2 amide bonds. The molecule has 2 aromatic heterocycles. The number of hydrogen-bond acceptors (Lipinski definition) is 7. The predicted molar refractivity (Wildman–Crippen MR) is 125 cm³/mol. The summed E-state index contributed by atoms with van der Waals surface area (Å²) in [5, 5.41) is 11.1. The van der Waals surface area contributed by atoms with Crippen LogP contribution in [-0.2, 0) is 22.6 Å². The van der Waals surface area contributed by atoms with E-state index in [1.54, 1.807) is 36.9 Å². The summed E-state index contributed by atoms with van der Waals surface area (Å²) in [6.07, 6.45) is 7.34. The van der Waals surface area contributed by atoms with Crippen molar-refractivity contribution in [2.24, 2.45) is 0 Å². The fourth-order valence-corrected chi connectivity index (χ4v) is 3.93. The number of imide groups is 1. The number of carbonyl (C=O) groups is 2. The van der Waals surface area contributed by atoms with Crippen molar-refractivity contribution in [3.8, 4) is 0 Å². The van der Waals surface area contributed by atoms with E-state index >= 15 is 0 Å². The van der Waals surface area contributed by atoms with Crippen LogP contribution in [0.3, 0.4) is 0 Å². The topological polar surface area (TPSA) is 110 Å². The lowest BCUT2D eigenvalue weighted by Crippen LogP contribution is -2.35. The largest absolute Gasteiger partial charge is 0.366 e. The van der Waals surface area contributed by atoms with Crippen LogP contribution in [-0.4, -0.2) is 49.6 Å². The average Bonchev–Trinajstić information content (AvgIpc) is 3.10. The maximum absolute atomic E-state index is 13.6. The lowest BCUT2D eigenvalue weighted by molar-refractivity contribution is -0.384. The van der Waals surface area contributed by atoms with Crippen LogP contribution in [0.25, 0.3) is 5.57 Å². The van der Waals surface area contributed by atoms with Crippen molar-refractivity contribution in [3.63, 3.8) is 0 Å². The Morgan fingerprint density at radius 2 is 1.68 bits per heavy atom. The molecule has 172 valence electrons. The van der Waals surface area contributed by atoms with Crippen LogP contribution < -0.4 is 0 Å². The van der Waals surface area contributed by atoms with Crippen molar-refractivity contribution >= 4 is 23.1 Å². The molecule has 1 aliphatic heterocycles. The standard InChI is InChI=1S/C25H23N5O4/c1-2-28(15-11-18-9-13-26-14-10-18)23-22(20-5-7-21(8-6-20)30(33)34)24(31)29(25(23)32)17-19-4-3-12-27-16-19/h3-10,12-14,16H,2,11,15,17H2,1H3. The molecule has 3 aromatic rings. The molecule has 9 heteroatoms. The molecule has 0 unspecified atom stereocenters. The number of aromatic nitrogens is 2. The third-order valence-electron chi connectivity index (χ3n) is 5.69. The van der Waals surface area contributed by atoms with Gasteiger partial charge in [-0.1, -0.05) is 6.07 Å². The first kappa shape index (κ1) is 22.8. The number of carbonyl (C=O) groups excluding carboxylic acids is 2. The molecule has 0 N–H and O–H groups in total. The van der Waals surface area contributed by atoms with Gasteiger partial charge in [0, 0.05) is 50.0 Å². The van der Waals surface area contributed by atoms with E-state index in [0.717, 1.165) is 11.1 Å². The Labute approximate surface area is 196 Å². The number of nitro groups is 1. The predicted octanol–water partition coefficient (Wildman–Crippen LogP) is 3.23. The van der Waals surface area contributed by atoms with Crippen LogP contribution in [0.15, 0.2) is 79.0 Å². The second-order valence-electron chi connectivity index (χ2n) is 7.77. The van der Waals surface area contributed by atoms with Gasteiger partial charge in [0.1, 0.15) is 5.70 Å². The van der Waals surface area contributed by atoms with Gasteiger partial charge in [0.05, 0.1) is 17.0 Å². The number of nitrogens with zero attached hydrogens (tertiary/aromatic N) is 5. The second-order valence-corrected chi connectivity index (χ2v) is 7.77. The van der Waals surface area contributed by atoms with Crippen LogP contribution in [0.1, 0.15) is 23.6 Å². The van der Waals surface area contributed by atoms with Gasteiger partial charge in [-0.15, -0.1) is 0 Å². The number of amides is 2. The summed E-state index contributed by atoms with van der Waals surface area (Å²) in [7, 11) is 0. The highest BCUT2D eigenvalue weighted by atomic mass is 16.6. The zero-order valence-electron chi connectivity index (χ0n) is 18.6. The fraction of sp³-hybridized carbons (Fsp3) is 0.200. The smallest absolute Gasteiger partial charge is 0.278 e. The summed E-state index contributed by atoms with van der Waals surface area (Å²) in [4.78, 5) is 48.9. The Morgan fingerprint density at radius 3 is 2.29 bits per heavy atom. The molecular weight excluding hydrogens is 434 g/mol. The van der Waals surface area contributed by atoms with Gasteiger partial charge in [-0.05, 0) is 60.4 Å². The Balaban J connectivity index is 1.71. The van der Waals surface area contributed by atoms with Crippen LogP contribution in [0.2, 0.25) is 0 Å². The minimum atomic E-state index is -0.498. The van der Waals surface area contributed by atoms with Crippen molar-refractivity contribution in [2.45, 2.75) is 19.9 Å². The molecule has 0 fully saturated rings. The van der Waals surface area contributed by atoms with Gasteiger partial charge in [0.25, 0.3) is 17.5 Å². The van der Waals surface area contributed by atoms with E-state index in [9.17, 15) is 19.7 Å². The molecule has 1 aliphatic rings. The van der Waals surface area contributed by atoms with Crippen LogP contribution in [0, 0.1) is 10.1 Å². The van der Waals surface area contributed by atoms with E-state index in [0.29, 0.717) is 30.8 Å². The lowest BCUT2D eigenvalue weighted by Gasteiger charge is -2.25. The summed E-state index contributed by atoms with van der Waals surface area (Å²) < 4.78 is 0. The molecule has 0 aliphatic carbocycles. The Kier molecular flexibility index (Phi) is 6.72. The summed E-state index contributed by atoms with van der Waals surface area (Å²) in [6.45, 7) is 3.05. The number of rotatable bonds is 9. The number of nitro benzene ring substituents is 1. The molecule has 0 radical (unpaired) electrons. The second kappa shape index (κ2) is 10.0. The number of non-ortho nitro benzene ring substituents is 1. The summed E-state index contributed by atoms with van der Waals surface area (Å²) in [6, 6.07) is 13.1. The lowest BCUT2D eigenvalue weighted by atomic mass is 10.0. The molecule has 4 rings (SSSR count). The molecule has 0 bridgehead atoms. The van der Waals surface area contributed by atoms with Gasteiger partial charge in [0.2, 0.25) is 0 Å². The number of likely N-dealkylation sites (N-methyl/N-ethyl adjacent to an activating group) is 1. The summed E-state index contributed by atoms with van der Waals surface area (Å²) in [5.74, 6) is -0.821. The SMILES string of the molecule is CCN(CCc1ccncc1)C1=C(c2ccc([N+](=O)[O-])cc2)C(=O)N(Cc2cccnc2)C1=O. The molecule has 3 heterocycles. The molecule has 9 nitrogen and oxygen atoms in total. The van der Waals surface area contributed by atoms with E-state index < -0.39 is 16.7 Å². The van der Waals surface area contributed by atoms with Gasteiger partial charge >= 0.3 is 0 Å². The first-order valence-corrected chi connectivity index (χ1v) is 10.9. The molecule has 0 saturated carbocycles. The van der Waals surface area contributed by atoms with E-state index in [1.807, 2.05) is 24.0 Å². The van der Waals surface area contributed by atoms with Crippen molar-refractivity contribution < 1.29 is 14.5 Å². The molecular formula is C25H23N5O4. The highest BCUT2D eigenvalue weighted by Crippen LogP contribution is 2.33. The molecule has 0 spiro atoms. The first-order valence-electron chi connectivity index (χ1n) is 10.9. The number of benzene rings is 1. The van der Waals surface area contributed by atoms with Gasteiger partial charge in [-0.3, -0.25) is 34.6 Å². The maximum atomic E-state index is 13.6. The van der Waals surface area contributed by atoms with Crippen LogP contribution in [0.4, 0.5) is 5.69 Å². The fourth-order valence-electron chi connectivity index (χ4n) is 3.93. The van der Waals surface area contributed by atoms with E-state index in [2.05, 4.69) is 9.97 Å². The Morgan fingerprint density at radius 1 is 0.941 bits per heavy atom. The van der Waals surface area contributed by atoms with Gasteiger partial charge in [-0.2, -0.15) is 0 Å². The zero-order chi connectivity index (χ0) is 24.1. The molecule has 1 aromatic carbocycles. The van der Waals surface area contributed by atoms with Crippen LogP contribution in [0.5, 0.6) is 0 Å². The summed E-state index contributed by atoms with van der Waals surface area (Å²) >= 11 is 0. The zero-order valence-corrected chi connectivity index (χ0v) is 18.6. The van der Waals surface area contributed by atoms with Crippen molar-refractivity contribution in [1.29, 1.82) is 0 Å². The third kappa shape index (κ3) is 4.68. The monoisotopic (exact) mass is 457 g/mol. The van der Waals surface area contributed by atoms with Gasteiger partial charge < -0.3 is 4.90 Å². The minimum Gasteiger partial charge on any atom is -0.366 e. The van der Waals surface area contributed by atoms with Crippen molar-refractivity contribution in [3.05, 3.63) is 106 Å². The third-order valence-corrected chi connectivity index (χ3v) is 5.69. The van der Waals surface area contributed by atoms with Gasteiger partial charge in [0.15, 0.2) is 0 Å². The maximum Gasteiger partial charge on any atom is 0.278 e. The molecule has 34 heavy (non-hydrogen) atoms. The Bertz CT molecular complexity index is 1230. The first-order chi connectivity index (χ1) is 16.5. The van der Waals surface area contributed by atoms with Gasteiger partial charge in [-0.25, -0.2) is 0 Å².